The van der Waals surface area contributed by atoms with E-state index in [0.29, 0.717) is 29.6 Å². The second-order valence-corrected chi connectivity index (χ2v) is 12.6. The van der Waals surface area contributed by atoms with Gasteiger partial charge in [-0.3, -0.25) is 0 Å². The van der Waals surface area contributed by atoms with Crippen molar-refractivity contribution in [3.8, 4) is 0 Å². The molecule has 180 valence electrons. The summed E-state index contributed by atoms with van der Waals surface area (Å²) in [4.78, 5) is 0. The second kappa shape index (κ2) is 8.88. The minimum atomic E-state index is -0.0492. The van der Waals surface area contributed by atoms with Crippen LogP contribution in [0.5, 0.6) is 0 Å². The Hall–Kier alpha value is -0.600. The molecule has 0 saturated heterocycles. The Morgan fingerprint density at radius 2 is 1.91 bits per heavy atom. The molecule has 10 atom stereocenters. The van der Waals surface area contributed by atoms with E-state index in [9.17, 15) is 5.11 Å². The topological polar surface area (TPSA) is 29.5 Å². The summed E-state index contributed by atoms with van der Waals surface area (Å²) in [7, 11) is 1.87. The highest BCUT2D eigenvalue weighted by atomic mass is 16.5. The Kier molecular flexibility index (Phi) is 6.43. The lowest BCUT2D eigenvalue weighted by molar-refractivity contribution is 0.0749. The lowest BCUT2D eigenvalue weighted by Gasteiger charge is -2.36. The Balaban J connectivity index is 1.50. The number of rotatable bonds is 5. The quantitative estimate of drug-likeness (QED) is 0.459. The third-order valence-electron chi connectivity index (χ3n) is 11.2. The lowest BCUT2D eigenvalue weighted by Crippen LogP contribution is -2.28. The summed E-state index contributed by atoms with van der Waals surface area (Å²) in [5.74, 6) is 5.40. The summed E-state index contributed by atoms with van der Waals surface area (Å²) in [5, 5.41) is 11.2. The zero-order chi connectivity index (χ0) is 22.6. The molecule has 10 unspecified atom stereocenters. The van der Waals surface area contributed by atoms with Crippen molar-refractivity contribution < 1.29 is 9.84 Å². The van der Waals surface area contributed by atoms with Crippen LogP contribution < -0.4 is 0 Å². The van der Waals surface area contributed by atoms with E-state index in [2.05, 4.69) is 33.8 Å². The van der Waals surface area contributed by atoms with Gasteiger partial charge in [-0.25, -0.2) is 0 Å². The van der Waals surface area contributed by atoms with E-state index < -0.39 is 0 Å². The highest BCUT2D eigenvalue weighted by Gasteiger charge is 2.53. The SMILES string of the molecule is CCC1C(O)C2CCCC2C1C(C)C1=C2CCC(C)C3CCC(COC)/C3=C/C2(C)CC1. The molecule has 0 aliphatic heterocycles. The number of ether oxygens (including phenoxy) is 1. The van der Waals surface area contributed by atoms with Crippen molar-refractivity contribution in [3.63, 3.8) is 0 Å². The molecule has 0 aromatic heterocycles. The van der Waals surface area contributed by atoms with Crippen molar-refractivity contribution >= 4 is 0 Å². The van der Waals surface area contributed by atoms with Gasteiger partial charge in [0.05, 0.1) is 12.7 Å². The van der Waals surface area contributed by atoms with Crippen molar-refractivity contribution in [1.82, 2.24) is 0 Å². The summed E-state index contributed by atoms with van der Waals surface area (Å²) >= 11 is 0. The van der Waals surface area contributed by atoms with Crippen LogP contribution in [0.15, 0.2) is 22.8 Å². The van der Waals surface area contributed by atoms with Gasteiger partial charge in [0.2, 0.25) is 0 Å². The molecule has 0 radical (unpaired) electrons. The minimum absolute atomic E-state index is 0.0492. The van der Waals surface area contributed by atoms with E-state index >= 15 is 0 Å². The third kappa shape index (κ3) is 3.58. The fourth-order valence-corrected chi connectivity index (χ4v) is 9.62. The van der Waals surface area contributed by atoms with Crippen LogP contribution in [0.2, 0.25) is 0 Å². The van der Waals surface area contributed by atoms with Gasteiger partial charge in [0.1, 0.15) is 0 Å². The normalized spacial score (nSPS) is 48.6. The van der Waals surface area contributed by atoms with Gasteiger partial charge in [-0.05, 0) is 92.8 Å². The van der Waals surface area contributed by atoms with E-state index in [4.69, 9.17) is 4.74 Å². The molecule has 3 fully saturated rings. The van der Waals surface area contributed by atoms with E-state index in [0.717, 1.165) is 30.8 Å². The zero-order valence-corrected chi connectivity index (χ0v) is 21.4. The van der Waals surface area contributed by atoms with Crippen molar-refractivity contribution in [3.05, 3.63) is 22.8 Å². The van der Waals surface area contributed by atoms with Gasteiger partial charge < -0.3 is 9.84 Å². The summed E-state index contributed by atoms with van der Waals surface area (Å²) < 4.78 is 5.65. The molecule has 2 nitrogen and oxygen atoms in total. The molecule has 2 heteroatoms. The maximum atomic E-state index is 11.2. The summed E-state index contributed by atoms with van der Waals surface area (Å²) in [5.41, 5.74) is 5.60. The molecule has 32 heavy (non-hydrogen) atoms. The Morgan fingerprint density at radius 3 is 2.66 bits per heavy atom. The van der Waals surface area contributed by atoms with Crippen molar-refractivity contribution in [2.75, 3.05) is 13.7 Å². The smallest absolute Gasteiger partial charge is 0.0602 e. The van der Waals surface area contributed by atoms with Crippen LogP contribution >= 0.6 is 0 Å². The molecule has 5 aliphatic carbocycles. The van der Waals surface area contributed by atoms with Crippen molar-refractivity contribution in [2.45, 2.75) is 98.0 Å². The van der Waals surface area contributed by atoms with Crippen LogP contribution in [0.3, 0.4) is 0 Å². The monoisotopic (exact) mass is 440 g/mol. The van der Waals surface area contributed by atoms with E-state index in [-0.39, 0.29) is 11.5 Å². The number of methoxy groups -OCH3 is 1. The number of aliphatic hydroxyl groups is 1. The van der Waals surface area contributed by atoms with Gasteiger partial charge in [-0.1, -0.05) is 63.3 Å². The van der Waals surface area contributed by atoms with Gasteiger partial charge in [-0.15, -0.1) is 0 Å². The van der Waals surface area contributed by atoms with Crippen LogP contribution in [0.25, 0.3) is 0 Å². The molecule has 1 N–H and O–H groups in total. The largest absolute Gasteiger partial charge is 0.393 e. The highest BCUT2D eigenvalue weighted by Crippen LogP contribution is 2.60. The van der Waals surface area contributed by atoms with Gasteiger partial charge in [-0.2, -0.15) is 0 Å². The number of fused-ring (bicyclic) bond motifs is 3. The van der Waals surface area contributed by atoms with E-state index in [1.54, 1.807) is 16.7 Å². The first-order valence-corrected chi connectivity index (χ1v) is 14.0. The number of hydrogen-bond acceptors (Lipinski definition) is 2. The Labute approximate surface area is 197 Å². The van der Waals surface area contributed by atoms with Crippen molar-refractivity contribution in [2.24, 2.45) is 52.8 Å². The van der Waals surface area contributed by atoms with Gasteiger partial charge in [0, 0.05) is 18.4 Å². The molecular formula is C30H48O2. The molecule has 0 aromatic carbocycles. The number of allylic oxidation sites excluding steroid dienone is 3. The molecule has 0 amide bonds. The fourth-order valence-electron chi connectivity index (χ4n) is 9.62. The number of hydrogen-bond donors (Lipinski definition) is 1. The second-order valence-electron chi connectivity index (χ2n) is 12.6. The summed E-state index contributed by atoms with van der Waals surface area (Å²) in [6.07, 6.45) is 15.7. The Morgan fingerprint density at radius 1 is 1.12 bits per heavy atom. The first-order chi connectivity index (χ1) is 15.4. The average molecular weight is 441 g/mol. The van der Waals surface area contributed by atoms with Crippen LogP contribution in [0, 0.1) is 52.8 Å². The van der Waals surface area contributed by atoms with Gasteiger partial charge in [0.15, 0.2) is 0 Å². The molecule has 0 bridgehead atoms. The Bertz CT molecular complexity index is 763. The first kappa shape index (κ1) is 23.2. The molecular weight excluding hydrogens is 392 g/mol. The van der Waals surface area contributed by atoms with Crippen LogP contribution in [-0.4, -0.2) is 24.9 Å². The van der Waals surface area contributed by atoms with Gasteiger partial charge in [0.25, 0.3) is 0 Å². The molecule has 5 rings (SSSR count). The third-order valence-corrected chi connectivity index (χ3v) is 11.2. The summed E-state index contributed by atoms with van der Waals surface area (Å²) in [6, 6.07) is 0. The van der Waals surface area contributed by atoms with E-state index in [1.807, 2.05) is 7.11 Å². The van der Waals surface area contributed by atoms with Gasteiger partial charge >= 0.3 is 0 Å². The maximum absolute atomic E-state index is 11.2. The summed E-state index contributed by atoms with van der Waals surface area (Å²) in [6.45, 7) is 10.8. The number of aliphatic hydroxyl groups excluding tert-OH is 1. The van der Waals surface area contributed by atoms with E-state index in [1.165, 1.54) is 57.8 Å². The predicted octanol–water partition coefficient (Wildman–Crippen LogP) is 7.18. The zero-order valence-electron chi connectivity index (χ0n) is 21.4. The average Bonchev–Trinajstić information content (AvgIpc) is 3.51. The fraction of sp³-hybridized carbons (Fsp3) is 0.867. The minimum Gasteiger partial charge on any atom is -0.393 e. The first-order valence-electron chi connectivity index (χ1n) is 14.0. The lowest BCUT2D eigenvalue weighted by atomic mass is 9.69. The molecule has 5 aliphatic rings. The molecule has 0 spiro atoms. The predicted molar refractivity (Wildman–Crippen MR) is 132 cm³/mol. The van der Waals surface area contributed by atoms with Crippen LogP contribution in [0.1, 0.15) is 91.9 Å². The van der Waals surface area contributed by atoms with Crippen LogP contribution in [0.4, 0.5) is 0 Å². The van der Waals surface area contributed by atoms with Crippen LogP contribution in [-0.2, 0) is 4.74 Å². The standard InChI is InChI=1S/C30H48O2/c1-6-21-28(24-8-7-9-25(24)29(21)31)19(3)23-14-15-30(4)16-26-20(17-32-5)11-12-22(26)18(2)10-13-27(23)30/h16,18-22,24-25,28-29,31H,6-15,17H2,1-5H3/b26-16-. The van der Waals surface area contributed by atoms with Crippen molar-refractivity contribution in [1.29, 1.82) is 0 Å². The molecule has 0 aromatic rings. The highest BCUT2D eigenvalue weighted by molar-refractivity contribution is 5.38. The maximum Gasteiger partial charge on any atom is 0.0602 e. The molecule has 3 saturated carbocycles. The molecule has 0 heterocycles.